The third-order valence-corrected chi connectivity index (χ3v) is 5.64. The molecule has 0 atom stereocenters. The maximum atomic E-state index is 12.5. The van der Waals surface area contributed by atoms with Crippen molar-refractivity contribution in [1.29, 1.82) is 0 Å². The lowest BCUT2D eigenvalue weighted by molar-refractivity contribution is 0.555. The molecule has 1 aliphatic heterocycles. The van der Waals surface area contributed by atoms with E-state index in [1.165, 1.54) is 9.13 Å². The maximum Gasteiger partial charge on any atom is 0.332 e. The highest BCUT2D eigenvalue weighted by atomic mass is 79.9. The van der Waals surface area contributed by atoms with E-state index >= 15 is 0 Å². The molecule has 1 aliphatic rings. The van der Waals surface area contributed by atoms with Gasteiger partial charge in [0.25, 0.3) is 5.56 Å². The first-order valence-electron chi connectivity index (χ1n) is 6.18. The van der Waals surface area contributed by atoms with Crippen molar-refractivity contribution in [1.82, 2.24) is 18.7 Å². The fourth-order valence-corrected chi connectivity index (χ4v) is 4.15. The van der Waals surface area contributed by atoms with Gasteiger partial charge in [-0.3, -0.25) is 18.1 Å². The lowest BCUT2D eigenvalue weighted by Crippen LogP contribution is -2.41. The summed E-state index contributed by atoms with van der Waals surface area (Å²) in [5.74, 6) is 1.02. The number of hydrogen-bond acceptors (Lipinski definition) is 4. The van der Waals surface area contributed by atoms with E-state index < -0.39 is 10.8 Å². The summed E-state index contributed by atoms with van der Waals surface area (Å²) in [5.41, 5.74) is 0.0256. The van der Waals surface area contributed by atoms with Crippen molar-refractivity contribution < 1.29 is 4.21 Å². The van der Waals surface area contributed by atoms with E-state index in [9.17, 15) is 13.8 Å². The summed E-state index contributed by atoms with van der Waals surface area (Å²) in [4.78, 5) is 28.8. The molecule has 0 N–H and O–H groups in total. The molecular weight excluding hydrogens is 348 g/mol. The summed E-state index contributed by atoms with van der Waals surface area (Å²) in [7, 11) is 0.768. The van der Waals surface area contributed by atoms with Crippen molar-refractivity contribution in [3.8, 4) is 0 Å². The first kappa shape index (κ1) is 13.7. The van der Waals surface area contributed by atoms with Crippen LogP contribution in [0.5, 0.6) is 0 Å². The highest BCUT2D eigenvalue weighted by molar-refractivity contribution is 9.10. The minimum Gasteiger partial charge on any atom is -0.308 e. The van der Waals surface area contributed by atoms with Crippen LogP contribution >= 0.6 is 15.9 Å². The summed E-state index contributed by atoms with van der Waals surface area (Å²) in [6.07, 6.45) is 0. The van der Waals surface area contributed by atoms with Crippen LogP contribution in [0.3, 0.4) is 0 Å². The number of fused-ring (bicyclic) bond motifs is 1. The smallest absolute Gasteiger partial charge is 0.308 e. The average molecular weight is 361 g/mol. The number of halogens is 1. The SMILES string of the molecule is CCn1c(=O)c2c(nc(Br)n2C2CS(=O)C2)n(C)c1=O. The molecule has 20 heavy (non-hydrogen) atoms. The Morgan fingerprint density at radius 2 is 2.05 bits per heavy atom. The Kier molecular flexibility index (Phi) is 3.20. The third-order valence-electron chi connectivity index (χ3n) is 3.57. The highest BCUT2D eigenvalue weighted by Gasteiger charge is 2.32. The first-order chi connectivity index (χ1) is 9.45. The van der Waals surface area contributed by atoms with Gasteiger partial charge in [-0.2, -0.15) is 0 Å². The van der Waals surface area contributed by atoms with Crippen molar-refractivity contribution in [2.24, 2.45) is 7.05 Å². The Morgan fingerprint density at radius 3 is 2.60 bits per heavy atom. The van der Waals surface area contributed by atoms with Crippen LogP contribution in [-0.2, 0) is 24.4 Å². The van der Waals surface area contributed by atoms with Gasteiger partial charge in [0.1, 0.15) is 0 Å². The molecule has 3 rings (SSSR count). The van der Waals surface area contributed by atoms with Gasteiger partial charge in [-0.1, -0.05) is 0 Å². The first-order valence-corrected chi connectivity index (χ1v) is 8.46. The summed E-state index contributed by atoms with van der Waals surface area (Å²) >= 11 is 3.33. The van der Waals surface area contributed by atoms with Crippen LogP contribution in [0.2, 0.25) is 0 Å². The zero-order chi connectivity index (χ0) is 14.6. The number of hydrogen-bond donors (Lipinski definition) is 0. The van der Waals surface area contributed by atoms with Crippen LogP contribution in [-0.4, -0.2) is 34.4 Å². The van der Waals surface area contributed by atoms with Gasteiger partial charge in [0.05, 0.1) is 6.04 Å². The van der Waals surface area contributed by atoms with E-state index in [4.69, 9.17) is 0 Å². The molecule has 2 aromatic rings. The van der Waals surface area contributed by atoms with Gasteiger partial charge in [0.15, 0.2) is 15.9 Å². The minimum absolute atomic E-state index is 0.00860. The van der Waals surface area contributed by atoms with Gasteiger partial charge in [-0.05, 0) is 22.9 Å². The van der Waals surface area contributed by atoms with E-state index in [2.05, 4.69) is 20.9 Å². The highest BCUT2D eigenvalue weighted by Crippen LogP contribution is 2.28. The molecule has 7 nitrogen and oxygen atoms in total. The normalized spacial score (nSPS) is 22.1. The molecule has 108 valence electrons. The third kappa shape index (κ3) is 1.76. The lowest BCUT2D eigenvalue weighted by atomic mass is 10.3. The van der Waals surface area contributed by atoms with Gasteiger partial charge in [0.2, 0.25) is 0 Å². The van der Waals surface area contributed by atoms with Crippen molar-refractivity contribution in [3.05, 3.63) is 25.6 Å². The number of aromatic nitrogens is 4. The number of rotatable bonds is 2. The second-order valence-corrected chi connectivity index (χ2v) is 7.00. The monoisotopic (exact) mass is 360 g/mol. The standard InChI is InChI=1S/C11H13BrN4O3S/c1-3-15-9(17)7-8(14(2)11(15)18)13-10(12)16(7)6-4-20(19)5-6/h6H,3-5H2,1-2H3. The van der Waals surface area contributed by atoms with E-state index in [1.54, 1.807) is 18.5 Å². The molecule has 0 radical (unpaired) electrons. The van der Waals surface area contributed by atoms with E-state index in [1.807, 2.05) is 0 Å². The molecule has 0 spiro atoms. The van der Waals surface area contributed by atoms with Crippen molar-refractivity contribution in [2.75, 3.05) is 11.5 Å². The molecule has 1 saturated heterocycles. The summed E-state index contributed by atoms with van der Waals surface area (Å²) < 4.78 is 16.1. The molecule has 0 saturated carbocycles. The summed E-state index contributed by atoms with van der Waals surface area (Å²) in [6.45, 7) is 2.06. The van der Waals surface area contributed by atoms with Gasteiger partial charge >= 0.3 is 5.69 Å². The van der Waals surface area contributed by atoms with Gasteiger partial charge in [-0.25, -0.2) is 9.78 Å². The molecular formula is C11H13BrN4O3S. The molecule has 0 aromatic carbocycles. The van der Waals surface area contributed by atoms with Gasteiger partial charge < -0.3 is 4.57 Å². The Morgan fingerprint density at radius 1 is 1.40 bits per heavy atom. The molecule has 9 heteroatoms. The van der Waals surface area contributed by atoms with Gasteiger partial charge in [-0.15, -0.1) is 0 Å². The van der Waals surface area contributed by atoms with Crippen LogP contribution < -0.4 is 11.2 Å². The minimum atomic E-state index is -0.828. The zero-order valence-corrected chi connectivity index (χ0v) is 13.4. The Balaban J connectivity index is 2.40. The Hall–Kier alpha value is -1.22. The van der Waals surface area contributed by atoms with Crippen LogP contribution in [0.4, 0.5) is 0 Å². The lowest BCUT2D eigenvalue weighted by Gasteiger charge is -2.27. The Labute approximate surface area is 124 Å². The van der Waals surface area contributed by atoms with Crippen LogP contribution in [0.15, 0.2) is 14.3 Å². The molecule has 3 heterocycles. The largest absolute Gasteiger partial charge is 0.332 e. The zero-order valence-electron chi connectivity index (χ0n) is 11.0. The molecule has 0 bridgehead atoms. The topological polar surface area (TPSA) is 78.9 Å². The van der Waals surface area contributed by atoms with Crippen molar-refractivity contribution in [2.45, 2.75) is 19.5 Å². The maximum absolute atomic E-state index is 12.5. The molecule has 1 fully saturated rings. The number of imidazole rings is 1. The van der Waals surface area contributed by atoms with E-state index in [0.717, 1.165) is 0 Å². The van der Waals surface area contributed by atoms with Crippen molar-refractivity contribution in [3.63, 3.8) is 0 Å². The molecule has 0 aliphatic carbocycles. The fraction of sp³-hybridized carbons (Fsp3) is 0.545. The van der Waals surface area contributed by atoms with Crippen LogP contribution in [0, 0.1) is 0 Å². The average Bonchev–Trinajstić information content (AvgIpc) is 2.71. The predicted octanol–water partition coefficient (Wildman–Crippen LogP) is -0.0175. The quantitative estimate of drug-likeness (QED) is 0.705. The van der Waals surface area contributed by atoms with E-state index in [-0.39, 0.29) is 17.3 Å². The second kappa shape index (κ2) is 4.66. The van der Waals surface area contributed by atoms with Crippen LogP contribution in [0.25, 0.3) is 11.2 Å². The second-order valence-electron chi connectivity index (χ2n) is 4.74. The number of nitrogens with zero attached hydrogens (tertiary/aromatic N) is 4. The van der Waals surface area contributed by atoms with Crippen molar-refractivity contribution >= 4 is 37.9 Å². The molecule has 2 aromatic heterocycles. The predicted molar refractivity (Wildman–Crippen MR) is 79.5 cm³/mol. The van der Waals surface area contributed by atoms with Crippen LogP contribution in [0.1, 0.15) is 13.0 Å². The Bertz CT molecular complexity index is 842. The van der Waals surface area contributed by atoms with E-state index in [0.29, 0.717) is 33.9 Å². The molecule has 0 amide bonds. The van der Waals surface area contributed by atoms with Gasteiger partial charge in [0, 0.05) is 35.9 Å². The summed E-state index contributed by atoms with van der Waals surface area (Å²) in [6, 6.07) is -0.00860. The fourth-order valence-electron chi connectivity index (χ4n) is 2.45. The summed E-state index contributed by atoms with van der Waals surface area (Å²) in [5, 5.41) is 0. The number of aryl methyl sites for hydroxylation is 1. The molecule has 0 unspecified atom stereocenters.